The highest BCUT2D eigenvalue weighted by Gasteiger charge is 2.30. The minimum Gasteiger partial charge on any atom is -0.383 e. The van der Waals surface area contributed by atoms with Crippen LogP contribution in [0.2, 0.25) is 0 Å². The minimum absolute atomic E-state index is 0.580. The first-order valence-electron chi connectivity index (χ1n) is 7.79. The Morgan fingerprint density at radius 1 is 1.43 bits per heavy atom. The summed E-state index contributed by atoms with van der Waals surface area (Å²) in [6, 6.07) is 9.17. The van der Waals surface area contributed by atoms with Crippen LogP contribution in [0.4, 0.5) is 5.69 Å². The topological polar surface area (TPSA) is 48.3 Å². The summed E-state index contributed by atoms with van der Waals surface area (Å²) >= 11 is 0. The van der Waals surface area contributed by atoms with Crippen LogP contribution in [0.5, 0.6) is 0 Å². The van der Waals surface area contributed by atoms with Crippen LogP contribution in [-0.2, 0) is 11.3 Å². The van der Waals surface area contributed by atoms with E-state index in [0.717, 1.165) is 37.3 Å². The lowest BCUT2D eigenvalue weighted by atomic mass is 10.1. The van der Waals surface area contributed by atoms with Gasteiger partial charge in [-0.2, -0.15) is 5.26 Å². The molecule has 1 aromatic carbocycles. The standard InChI is InChI=1S/C17H25N3O/c1-3-8-19-13-14-4-7-17(15(11-14)12-18)20(9-10-21-2)16-5-6-16/h4,7,11,16,19H,3,5-6,8-10,13H2,1-2H3. The molecule has 0 spiro atoms. The Bertz CT molecular complexity index is 491. The summed E-state index contributed by atoms with van der Waals surface area (Å²) in [6.45, 7) is 5.53. The van der Waals surface area contributed by atoms with Gasteiger partial charge in [-0.1, -0.05) is 13.0 Å². The second-order valence-corrected chi connectivity index (χ2v) is 5.56. The molecule has 4 nitrogen and oxygen atoms in total. The third-order valence-corrected chi connectivity index (χ3v) is 3.77. The first-order valence-corrected chi connectivity index (χ1v) is 7.79. The second-order valence-electron chi connectivity index (χ2n) is 5.56. The van der Waals surface area contributed by atoms with E-state index in [0.29, 0.717) is 12.6 Å². The molecule has 21 heavy (non-hydrogen) atoms. The lowest BCUT2D eigenvalue weighted by Crippen LogP contribution is -2.30. The van der Waals surface area contributed by atoms with Crippen molar-refractivity contribution < 1.29 is 4.74 Å². The van der Waals surface area contributed by atoms with E-state index in [1.54, 1.807) is 7.11 Å². The van der Waals surface area contributed by atoms with Crippen molar-refractivity contribution in [3.05, 3.63) is 29.3 Å². The monoisotopic (exact) mass is 287 g/mol. The van der Waals surface area contributed by atoms with E-state index >= 15 is 0 Å². The molecule has 2 rings (SSSR count). The Hall–Kier alpha value is -1.57. The third-order valence-electron chi connectivity index (χ3n) is 3.77. The summed E-state index contributed by atoms with van der Waals surface area (Å²) in [4.78, 5) is 2.32. The molecule has 0 radical (unpaired) electrons. The molecular formula is C17H25N3O. The predicted molar refractivity (Wildman–Crippen MR) is 85.4 cm³/mol. The molecule has 1 saturated carbocycles. The molecule has 0 aliphatic heterocycles. The van der Waals surface area contributed by atoms with Crippen molar-refractivity contribution in [2.75, 3.05) is 31.7 Å². The van der Waals surface area contributed by atoms with Gasteiger partial charge >= 0.3 is 0 Å². The number of nitrogens with zero attached hydrogens (tertiary/aromatic N) is 2. The van der Waals surface area contributed by atoms with Crippen LogP contribution in [0.15, 0.2) is 18.2 Å². The number of benzene rings is 1. The van der Waals surface area contributed by atoms with Gasteiger partial charge in [-0.15, -0.1) is 0 Å². The van der Waals surface area contributed by atoms with E-state index < -0.39 is 0 Å². The van der Waals surface area contributed by atoms with Crippen molar-refractivity contribution in [2.24, 2.45) is 0 Å². The van der Waals surface area contributed by atoms with Crippen LogP contribution in [0.3, 0.4) is 0 Å². The number of hydrogen-bond acceptors (Lipinski definition) is 4. The van der Waals surface area contributed by atoms with Gasteiger partial charge in [-0.3, -0.25) is 0 Å². The molecule has 0 atom stereocenters. The molecule has 1 aliphatic carbocycles. The Labute approximate surface area is 127 Å². The Balaban J connectivity index is 2.12. The fourth-order valence-corrected chi connectivity index (χ4v) is 2.52. The van der Waals surface area contributed by atoms with Crippen LogP contribution in [-0.4, -0.2) is 32.8 Å². The zero-order chi connectivity index (χ0) is 15.1. The van der Waals surface area contributed by atoms with Crippen molar-refractivity contribution in [1.29, 1.82) is 5.26 Å². The molecule has 0 unspecified atom stereocenters. The van der Waals surface area contributed by atoms with Gasteiger partial charge in [0.05, 0.1) is 17.9 Å². The molecule has 0 bridgehead atoms. The largest absolute Gasteiger partial charge is 0.383 e. The fourth-order valence-electron chi connectivity index (χ4n) is 2.52. The van der Waals surface area contributed by atoms with Crippen molar-refractivity contribution in [3.8, 4) is 6.07 Å². The summed E-state index contributed by atoms with van der Waals surface area (Å²) in [5.74, 6) is 0. The quantitative estimate of drug-likeness (QED) is 0.709. The van der Waals surface area contributed by atoms with Crippen LogP contribution >= 0.6 is 0 Å². The third kappa shape index (κ3) is 4.45. The van der Waals surface area contributed by atoms with Crippen molar-refractivity contribution in [2.45, 2.75) is 38.8 Å². The van der Waals surface area contributed by atoms with Crippen LogP contribution < -0.4 is 10.2 Å². The lowest BCUT2D eigenvalue weighted by Gasteiger charge is -2.25. The average Bonchev–Trinajstić information content (AvgIpc) is 3.33. The molecule has 0 amide bonds. The van der Waals surface area contributed by atoms with E-state index in [1.807, 2.05) is 6.07 Å². The van der Waals surface area contributed by atoms with E-state index in [2.05, 4.69) is 35.3 Å². The average molecular weight is 287 g/mol. The normalized spacial score (nSPS) is 14.0. The number of nitriles is 1. The molecule has 0 aromatic heterocycles. The number of ether oxygens (including phenoxy) is 1. The molecule has 4 heteroatoms. The number of methoxy groups -OCH3 is 1. The van der Waals surface area contributed by atoms with Gasteiger partial charge in [0.25, 0.3) is 0 Å². The predicted octanol–water partition coefficient (Wildman–Crippen LogP) is 2.67. The summed E-state index contributed by atoms with van der Waals surface area (Å²) in [5, 5.41) is 12.8. The van der Waals surface area contributed by atoms with E-state index in [1.165, 1.54) is 18.4 Å². The molecule has 1 aliphatic rings. The van der Waals surface area contributed by atoms with Crippen LogP contribution in [0.25, 0.3) is 0 Å². The van der Waals surface area contributed by atoms with Gasteiger partial charge in [0, 0.05) is 26.2 Å². The minimum atomic E-state index is 0.580. The zero-order valence-corrected chi connectivity index (χ0v) is 13.1. The van der Waals surface area contributed by atoms with Gasteiger partial charge in [0.15, 0.2) is 0 Å². The first kappa shape index (κ1) is 15.8. The number of nitrogens with one attached hydrogen (secondary N) is 1. The van der Waals surface area contributed by atoms with Crippen LogP contribution in [0, 0.1) is 11.3 Å². The smallest absolute Gasteiger partial charge is 0.101 e. The molecule has 0 saturated heterocycles. The Morgan fingerprint density at radius 2 is 2.24 bits per heavy atom. The summed E-state index contributed by atoms with van der Waals surface area (Å²) in [6.07, 6.45) is 3.55. The molecule has 1 N–H and O–H groups in total. The SMILES string of the molecule is CCCNCc1ccc(N(CCOC)C2CC2)c(C#N)c1. The molecule has 1 aromatic rings. The van der Waals surface area contributed by atoms with Gasteiger partial charge in [-0.05, 0) is 43.5 Å². The molecule has 1 fully saturated rings. The van der Waals surface area contributed by atoms with Gasteiger partial charge in [-0.25, -0.2) is 0 Å². The highest BCUT2D eigenvalue weighted by molar-refractivity contribution is 5.61. The van der Waals surface area contributed by atoms with E-state index in [4.69, 9.17) is 4.74 Å². The number of anilines is 1. The summed E-state index contributed by atoms with van der Waals surface area (Å²) < 4.78 is 5.20. The maximum absolute atomic E-state index is 9.46. The Kier molecular flexibility index (Phi) is 6.04. The second kappa shape index (κ2) is 8.02. The van der Waals surface area contributed by atoms with E-state index in [9.17, 15) is 5.26 Å². The highest BCUT2D eigenvalue weighted by atomic mass is 16.5. The zero-order valence-electron chi connectivity index (χ0n) is 13.1. The van der Waals surface area contributed by atoms with Crippen LogP contribution in [0.1, 0.15) is 37.3 Å². The summed E-state index contributed by atoms with van der Waals surface area (Å²) in [5.41, 5.74) is 3.00. The molecular weight excluding hydrogens is 262 g/mol. The van der Waals surface area contributed by atoms with Crippen molar-refractivity contribution in [1.82, 2.24) is 5.32 Å². The lowest BCUT2D eigenvalue weighted by molar-refractivity contribution is 0.205. The summed E-state index contributed by atoms with van der Waals surface area (Å²) in [7, 11) is 1.72. The highest BCUT2D eigenvalue weighted by Crippen LogP contribution is 2.33. The Morgan fingerprint density at radius 3 is 2.86 bits per heavy atom. The van der Waals surface area contributed by atoms with E-state index in [-0.39, 0.29) is 0 Å². The number of rotatable bonds is 9. The maximum Gasteiger partial charge on any atom is 0.101 e. The van der Waals surface area contributed by atoms with Crippen molar-refractivity contribution in [3.63, 3.8) is 0 Å². The fraction of sp³-hybridized carbons (Fsp3) is 0.588. The maximum atomic E-state index is 9.46. The van der Waals surface area contributed by atoms with Gasteiger partial charge < -0.3 is 15.0 Å². The number of hydrogen-bond donors (Lipinski definition) is 1. The molecule has 0 heterocycles. The molecule has 114 valence electrons. The first-order chi connectivity index (χ1) is 10.3. The van der Waals surface area contributed by atoms with Crippen molar-refractivity contribution >= 4 is 5.69 Å². The van der Waals surface area contributed by atoms with Gasteiger partial charge in [0.2, 0.25) is 0 Å². The van der Waals surface area contributed by atoms with Gasteiger partial charge in [0.1, 0.15) is 6.07 Å².